The average Bonchev–Trinajstić information content (AvgIpc) is 3.22. The van der Waals surface area contributed by atoms with Gasteiger partial charge in [0.1, 0.15) is 11.6 Å². The number of halogens is 1. The number of nitrogens with zero attached hydrogens (tertiary/aromatic N) is 4. The zero-order chi connectivity index (χ0) is 21.5. The second-order valence-corrected chi connectivity index (χ2v) is 6.99. The number of amides is 1. The number of ether oxygens (including phenoxy) is 1. The molecular weight excluding hydrogens is 383 g/mol. The smallest absolute Gasteiger partial charge is 0.222 e. The molecule has 0 aliphatic carbocycles. The molecule has 1 aromatic heterocycles. The number of methoxy groups -OCH3 is 1. The van der Waals surface area contributed by atoms with Crippen LogP contribution in [0.3, 0.4) is 0 Å². The Morgan fingerprint density at radius 3 is 2.70 bits per heavy atom. The highest BCUT2D eigenvalue weighted by Gasteiger charge is 2.13. The van der Waals surface area contributed by atoms with Crippen LogP contribution >= 0.6 is 0 Å². The molecule has 6 nitrogen and oxygen atoms in total. The quantitative estimate of drug-likeness (QED) is 0.567. The number of aryl methyl sites for hydroxylation is 1. The molecule has 154 valence electrons. The van der Waals surface area contributed by atoms with Crippen LogP contribution in [0.15, 0.2) is 54.9 Å². The van der Waals surface area contributed by atoms with Crippen molar-refractivity contribution in [1.29, 1.82) is 5.26 Å². The molecule has 1 amide bonds. The molecule has 0 fully saturated rings. The Morgan fingerprint density at radius 2 is 2.00 bits per heavy atom. The normalized spacial score (nSPS) is 10.5. The first-order chi connectivity index (χ1) is 14.5. The van der Waals surface area contributed by atoms with Gasteiger partial charge in [-0.05, 0) is 42.3 Å². The van der Waals surface area contributed by atoms with Crippen LogP contribution in [-0.2, 0) is 17.9 Å². The third-order valence-corrected chi connectivity index (χ3v) is 4.83. The van der Waals surface area contributed by atoms with E-state index in [-0.39, 0.29) is 18.3 Å². The number of hydrogen-bond acceptors (Lipinski definition) is 4. The van der Waals surface area contributed by atoms with Crippen molar-refractivity contribution in [2.24, 2.45) is 0 Å². The summed E-state index contributed by atoms with van der Waals surface area (Å²) in [5, 5.41) is 13.2. The van der Waals surface area contributed by atoms with Gasteiger partial charge in [0.25, 0.3) is 0 Å². The minimum atomic E-state index is -0.358. The molecule has 0 bridgehead atoms. The summed E-state index contributed by atoms with van der Waals surface area (Å²) >= 11 is 0. The molecule has 3 rings (SSSR count). The van der Waals surface area contributed by atoms with Crippen molar-refractivity contribution in [3.8, 4) is 22.9 Å². The van der Waals surface area contributed by atoms with Crippen LogP contribution in [0.1, 0.15) is 24.0 Å². The monoisotopic (exact) mass is 406 g/mol. The molecule has 2 aromatic carbocycles. The fourth-order valence-corrected chi connectivity index (χ4v) is 3.17. The van der Waals surface area contributed by atoms with E-state index in [4.69, 9.17) is 10.00 Å². The Bertz CT molecular complexity index is 1050. The van der Waals surface area contributed by atoms with E-state index in [2.05, 4.69) is 11.2 Å². The topological polar surface area (TPSA) is 71.2 Å². The fraction of sp³-hybridized carbons (Fsp3) is 0.261. The van der Waals surface area contributed by atoms with Crippen LogP contribution < -0.4 is 4.74 Å². The Kier molecular flexibility index (Phi) is 6.81. The van der Waals surface area contributed by atoms with Crippen molar-refractivity contribution in [2.45, 2.75) is 25.9 Å². The molecule has 0 spiro atoms. The number of aromatic nitrogens is 2. The molecule has 7 heteroatoms. The summed E-state index contributed by atoms with van der Waals surface area (Å²) < 4.78 is 20.5. The molecular formula is C23H23FN4O2. The van der Waals surface area contributed by atoms with Crippen molar-refractivity contribution < 1.29 is 13.9 Å². The van der Waals surface area contributed by atoms with Crippen molar-refractivity contribution in [1.82, 2.24) is 14.7 Å². The first-order valence-corrected chi connectivity index (χ1v) is 9.59. The summed E-state index contributed by atoms with van der Waals surface area (Å²) in [6.45, 7) is 0.892. The van der Waals surface area contributed by atoms with Gasteiger partial charge in [-0.2, -0.15) is 10.4 Å². The number of hydrogen-bond donors (Lipinski definition) is 0. The summed E-state index contributed by atoms with van der Waals surface area (Å²) in [5.74, 6) is 0.173. The van der Waals surface area contributed by atoms with E-state index in [1.54, 1.807) is 41.0 Å². The van der Waals surface area contributed by atoms with E-state index >= 15 is 0 Å². The standard InChI is InChI=1S/C23H23FN4O2/c1-27(15-19-12-21(24)9-10-22(19)30-2)23(29)4-3-11-28-16-20(14-26-28)18-7-5-17(13-25)6-8-18/h5-10,12,14,16H,3-4,11,15H2,1-2H3. The molecule has 0 aliphatic rings. The summed E-state index contributed by atoms with van der Waals surface area (Å²) in [4.78, 5) is 14.0. The fourth-order valence-electron chi connectivity index (χ4n) is 3.17. The molecule has 0 radical (unpaired) electrons. The summed E-state index contributed by atoms with van der Waals surface area (Å²) in [7, 11) is 3.22. The molecule has 3 aromatic rings. The largest absolute Gasteiger partial charge is 0.496 e. The zero-order valence-corrected chi connectivity index (χ0v) is 17.0. The Hall–Kier alpha value is -3.66. The van der Waals surface area contributed by atoms with Crippen LogP contribution in [0.5, 0.6) is 5.75 Å². The van der Waals surface area contributed by atoms with E-state index in [0.29, 0.717) is 36.3 Å². The molecule has 0 saturated carbocycles. The van der Waals surface area contributed by atoms with Crippen molar-refractivity contribution in [2.75, 3.05) is 14.2 Å². The van der Waals surface area contributed by atoms with Gasteiger partial charge in [-0.15, -0.1) is 0 Å². The van der Waals surface area contributed by atoms with Crippen LogP contribution in [-0.4, -0.2) is 34.7 Å². The maximum atomic E-state index is 13.5. The Labute approximate surface area is 175 Å². The van der Waals surface area contributed by atoms with Crippen LogP contribution in [0, 0.1) is 17.1 Å². The van der Waals surface area contributed by atoms with Crippen molar-refractivity contribution in [3.63, 3.8) is 0 Å². The van der Waals surface area contributed by atoms with Gasteiger partial charge in [-0.25, -0.2) is 4.39 Å². The van der Waals surface area contributed by atoms with E-state index < -0.39 is 0 Å². The maximum absolute atomic E-state index is 13.5. The lowest BCUT2D eigenvalue weighted by Crippen LogP contribution is -2.26. The second-order valence-electron chi connectivity index (χ2n) is 6.99. The summed E-state index contributed by atoms with van der Waals surface area (Å²) in [5.41, 5.74) is 3.19. The molecule has 0 N–H and O–H groups in total. The molecule has 0 unspecified atom stereocenters. The lowest BCUT2D eigenvalue weighted by Gasteiger charge is -2.19. The van der Waals surface area contributed by atoms with E-state index in [1.165, 1.54) is 19.2 Å². The molecule has 0 aliphatic heterocycles. The van der Waals surface area contributed by atoms with Gasteiger partial charge in [-0.1, -0.05) is 12.1 Å². The van der Waals surface area contributed by atoms with Gasteiger partial charge >= 0.3 is 0 Å². The van der Waals surface area contributed by atoms with Crippen molar-refractivity contribution >= 4 is 5.91 Å². The number of rotatable bonds is 8. The highest BCUT2D eigenvalue weighted by atomic mass is 19.1. The third-order valence-electron chi connectivity index (χ3n) is 4.83. The van der Waals surface area contributed by atoms with Gasteiger partial charge in [0.15, 0.2) is 0 Å². The van der Waals surface area contributed by atoms with Gasteiger partial charge in [-0.3, -0.25) is 9.48 Å². The first kappa shape index (κ1) is 21.1. The minimum Gasteiger partial charge on any atom is -0.496 e. The van der Waals surface area contributed by atoms with Gasteiger partial charge in [0.05, 0.1) is 24.9 Å². The predicted octanol–water partition coefficient (Wildman–Crippen LogP) is 4.01. The van der Waals surface area contributed by atoms with Crippen LogP contribution in [0.4, 0.5) is 4.39 Å². The molecule has 0 saturated heterocycles. The van der Waals surface area contributed by atoms with Crippen molar-refractivity contribution in [3.05, 3.63) is 71.8 Å². The highest BCUT2D eigenvalue weighted by molar-refractivity contribution is 5.75. The van der Waals surface area contributed by atoms with E-state index in [0.717, 1.165) is 11.1 Å². The van der Waals surface area contributed by atoms with E-state index in [9.17, 15) is 9.18 Å². The number of nitriles is 1. The lowest BCUT2D eigenvalue weighted by atomic mass is 10.1. The van der Waals surface area contributed by atoms with Crippen LogP contribution in [0.25, 0.3) is 11.1 Å². The Morgan fingerprint density at radius 1 is 1.23 bits per heavy atom. The SMILES string of the molecule is COc1ccc(F)cc1CN(C)C(=O)CCCn1cc(-c2ccc(C#N)cc2)cn1. The van der Waals surface area contributed by atoms with Crippen LogP contribution in [0.2, 0.25) is 0 Å². The first-order valence-electron chi connectivity index (χ1n) is 9.59. The predicted molar refractivity (Wildman–Crippen MR) is 111 cm³/mol. The molecule has 30 heavy (non-hydrogen) atoms. The maximum Gasteiger partial charge on any atom is 0.222 e. The minimum absolute atomic E-state index is 0.0270. The number of carbonyl (C=O) groups is 1. The number of benzene rings is 2. The average molecular weight is 406 g/mol. The third kappa shape index (κ3) is 5.23. The van der Waals surface area contributed by atoms with Gasteiger partial charge in [0.2, 0.25) is 5.91 Å². The van der Waals surface area contributed by atoms with Gasteiger partial charge in [0, 0.05) is 43.9 Å². The Balaban J connectivity index is 1.51. The lowest BCUT2D eigenvalue weighted by molar-refractivity contribution is -0.130. The zero-order valence-electron chi connectivity index (χ0n) is 17.0. The number of carbonyl (C=O) groups excluding carboxylic acids is 1. The highest BCUT2D eigenvalue weighted by Crippen LogP contribution is 2.21. The summed E-state index contributed by atoms with van der Waals surface area (Å²) in [6, 6.07) is 13.7. The summed E-state index contributed by atoms with van der Waals surface area (Å²) in [6.07, 6.45) is 4.69. The molecule has 0 atom stereocenters. The second kappa shape index (κ2) is 9.70. The van der Waals surface area contributed by atoms with Gasteiger partial charge < -0.3 is 9.64 Å². The van der Waals surface area contributed by atoms with E-state index in [1.807, 2.05) is 18.3 Å². The molecule has 1 heterocycles.